The molecular weight excluding hydrogens is 360 g/mol. The fourth-order valence-corrected chi connectivity index (χ4v) is 2.86. The first-order valence-corrected chi connectivity index (χ1v) is 9.98. The van der Waals surface area contributed by atoms with E-state index >= 15 is 0 Å². The standard InChI is InChI=1S/C22H34O6/c1-2-3-4-5-6-7-8-9-10-11-17(23)12-14-20-19(25)16-21(28-20)18(24)13-15-22(26)27/h3-4,6-7,9-10,12,14,17-21,23-25H,2,5,8,11,13,15-16H2,1H3,(H,26,27)/b4-3-,7-6-,10-9-,14-12+/t17-,18-,19-,20-,21+/m0/s1. The second kappa shape index (κ2) is 14.3. The molecule has 28 heavy (non-hydrogen) atoms. The zero-order valence-corrected chi connectivity index (χ0v) is 16.6. The van der Waals surface area contributed by atoms with E-state index in [4.69, 9.17) is 9.84 Å². The third kappa shape index (κ3) is 10.6. The quantitative estimate of drug-likeness (QED) is 0.358. The van der Waals surface area contributed by atoms with E-state index in [0.717, 1.165) is 19.3 Å². The van der Waals surface area contributed by atoms with Gasteiger partial charge in [0.05, 0.1) is 24.4 Å². The van der Waals surface area contributed by atoms with Crippen molar-refractivity contribution in [1.82, 2.24) is 0 Å². The van der Waals surface area contributed by atoms with Crippen molar-refractivity contribution in [2.24, 2.45) is 0 Å². The number of ether oxygens (including phenoxy) is 1. The minimum Gasteiger partial charge on any atom is -0.481 e. The molecule has 158 valence electrons. The van der Waals surface area contributed by atoms with E-state index < -0.39 is 36.5 Å². The van der Waals surface area contributed by atoms with Gasteiger partial charge in [-0.1, -0.05) is 55.5 Å². The first kappa shape index (κ1) is 24.3. The van der Waals surface area contributed by atoms with Gasteiger partial charge in [-0.05, 0) is 32.1 Å². The van der Waals surface area contributed by atoms with Crippen LogP contribution in [-0.2, 0) is 9.53 Å². The minimum absolute atomic E-state index is 0.0832. The van der Waals surface area contributed by atoms with Crippen LogP contribution in [0.15, 0.2) is 48.6 Å². The summed E-state index contributed by atoms with van der Waals surface area (Å²) >= 11 is 0. The average molecular weight is 395 g/mol. The molecule has 0 amide bonds. The van der Waals surface area contributed by atoms with Crippen molar-refractivity contribution in [2.45, 2.75) is 82.4 Å². The van der Waals surface area contributed by atoms with Gasteiger partial charge in [0.25, 0.3) is 0 Å². The van der Waals surface area contributed by atoms with Gasteiger partial charge in [-0.15, -0.1) is 0 Å². The van der Waals surface area contributed by atoms with E-state index in [1.165, 1.54) is 0 Å². The number of rotatable bonds is 13. The molecule has 0 saturated carbocycles. The number of carboxylic acid groups (broad SMARTS) is 1. The van der Waals surface area contributed by atoms with Crippen molar-refractivity contribution >= 4 is 5.97 Å². The second-order valence-corrected chi connectivity index (χ2v) is 6.92. The van der Waals surface area contributed by atoms with Gasteiger partial charge >= 0.3 is 5.97 Å². The van der Waals surface area contributed by atoms with Crippen LogP contribution in [0.5, 0.6) is 0 Å². The number of carboxylic acids is 1. The lowest BCUT2D eigenvalue weighted by Crippen LogP contribution is -2.26. The van der Waals surface area contributed by atoms with Gasteiger partial charge in [-0.25, -0.2) is 0 Å². The molecule has 1 rings (SSSR count). The summed E-state index contributed by atoms with van der Waals surface area (Å²) in [7, 11) is 0. The first-order chi connectivity index (χ1) is 13.4. The maximum Gasteiger partial charge on any atom is 0.303 e. The van der Waals surface area contributed by atoms with Gasteiger partial charge < -0.3 is 25.2 Å². The van der Waals surface area contributed by atoms with Crippen molar-refractivity contribution in [1.29, 1.82) is 0 Å². The SMILES string of the molecule is CC/C=C\C/C=C\C/C=C\C[C@H](O)/C=C/[C@@H]1O[C@@H]([C@@H](O)CCC(=O)O)C[C@@H]1O. The van der Waals surface area contributed by atoms with E-state index in [0.29, 0.717) is 6.42 Å². The molecule has 1 aliphatic heterocycles. The molecule has 4 N–H and O–H groups in total. The molecule has 0 aliphatic carbocycles. The summed E-state index contributed by atoms with van der Waals surface area (Å²) in [6.45, 7) is 2.10. The number of aliphatic hydroxyl groups is 3. The van der Waals surface area contributed by atoms with Gasteiger partial charge in [0.2, 0.25) is 0 Å². The average Bonchev–Trinajstić information content (AvgIpc) is 3.04. The Bertz CT molecular complexity index is 551. The van der Waals surface area contributed by atoms with Gasteiger partial charge in [0, 0.05) is 12.8 Å². The summed E-state index contributed by atoms with van der Waals surface area (Å²) in [5.41, 5.74) is 0. The number of aliphatic hydroxyl groups excluding tert-OH is 3. The Morgan fingerprint density at radius 2 is 1.75 bits per heavy atom. The van der Waals surface area contributed by atoms with Crippen molar-refractivity contribution in [2.75, 3.05) is 0 Å². The summed E-state index contributed by atoms with van der Waals surface area (Å²) in [5.74, 6) is -0.978. The predicted molar refractivity (Wildman–Crippen MR) is 109 cm³/mol. The third-order valence-corrected chi connectivity index (χ3v) is 4.45. The Hall–Kier alpha value is -1.73. The molecule has 0 unspecified atom stereocenters. The van der Waals surface area contributed by atoms with Crippen LogP contribution in [0.25, 0.3) is 0 Å². The Morgan fingerprint density at radius 1 is 1.11 bits per heavy atom. The van der Waals surface area contributed by atoms with Gasteiger partial charge in [0.1, 0.15) is 6.10 Å². The van der Waals surface area contributed by atoms with Crippen molar-refractivity contribution in [3.63, 3.8) is 0 Å². The van der Waals surface area contributed by atoms with Crippen molar-refractivity contribution < 1.29 is 30.0 Å². The molecule has 6 heteroatoms. The Kier molecular flexibility index (Phi) is 12.4. The smallest absolute Gasteiger partial charge is 0.303 e. The van der Waals surface area contributed by atoms with Crippen molar-refractivity contribution in [3.8, 4) is 0 Å². The molecule has 1 aliphatic rings. The normalized spacial score (nSPS) is 25.5. The lowest BCUT2D eigenvalue weighted by Gasteiger charge is -2.17. The van der Waals surface area contributed by atoms with Crippen LogP contribution in [0.3, 0.4) is 0 Å². The minimum atomic E-state index is -0.978. The molecule has 0 spiro atoms. The van der Waals surface area contributed by atoms with Crippen LogP contribution in [0, 0.1) is 0 Å². The van der Waals surface area contributed by atoms with Crippen LogP contribution >= 0.6 is 0 Å². The molecule has 0 bridgehead atoms. The van der Waals surface area contributed by atoms with Gasteiger partial charge in [0.15, 0.2) is 0 Å². The third-order valence-electron chi connectivity index (χ3n) is 4.45. The molecule has 0 aromatic rings. The Morgan fingerprint density at radius 3 is 2.39 bits per heavy atom. The molecule has 0 aromatic carbocycles. The molecular formula is C22H34O6. The number of hydrogen-bond acceptors (Lipinski definition) is 5. The summed E-state index contributed by atoms with van der Waals surface area (Å²) in [6, 6.07) is 0. The van der Waals surface area contributed by atoms with Crippen LogP contribution in [-0.4, -0.2) is 56.9 Å². The highest BCUT2D eigenvalue weighted by Crippen LogP contribution is 2.25. The van der Waals surface area contributed by atoms with Crippen molar-refractivity contribution in [3.05, 3.63) is 48.6 Å². The first-order valence-electron chi connectivity index (χ1n) is 9.98. The molecule has 0 radical (unpaired) electrons. The van der Waals surface area contributed by atoms with E-state index in [9.17, 15) is 20.1 Å². The number of allylic oxidation sites excluding steroid dienone is 5. The summed E-state index contributed by atoms with van der Waals surface area (Å²) in [6.07, 6.45) is 15.4. The maximum absolute atomic E-state index is 10.6. The van der Waals surface area contributed by atoms with Gasteiger partial charge in [-0.2, -0.15) is 0 Å². The largest absolute Gasteiger partial charge is 0.481 e. The Balaban J connectivity index is 2.29. The highest BCUT2D eigenvalue weighted by atomic mass is 16.5. The lowest BCUT2D eigenvalue weighted by atomic mass is 10.0. The number of carbonyl (C=O) groups is 1. The van der Waals surface area contributed by atoms with E-state index in [1.54, 1.807) is 12.2 Å². The van der Waals surface area contributed by atoms with Crippen LogP contribution in [0.4, 0.5) is 0 Å². The zero-order valence-electron chi connectivity index (χ0n) is 16.6. The van der Waals surface area contributed by atoms with Crippen LogP contribution in [0.2, 0.25) is 0 Å². The van der Waals surface area contributed by atoms with E-state index in [2.05, 4.69) is 31.2 Å². The molecule has 1 saturated heterocycles. The number of hydrogen-bond donors (Lipinski definition) is 4. The molecule has 1 heterocycles. The monoisotopic (exact) mass is 394 g/mol. The van der Waals surface area contributed by atoms with Gasteiger partial charge in [-0.3, -0.25) is 4.79 Å². The highest BCUT2D eigenvalue weighted by Gasteiger charge is 2.36. The van der Waals surface area contributed by atoms with E-state index in [-0.39, 0.29) is 19.3 Å². The molecule has 0 aromatic heterocycles. The Labute approximate surface area is 167 Å². The summed E-state index contributed by atoms with van der Waals surface area (Å²) < 4.78 is 5.59. The zero-order chi connectivity index (χ0) is 20.8. The fourth-order valence-electron chi connectivity index (χ4n) is 2.86. The predicted octanol–water partition coefficient (Wildman–Crippen LogP) is 2.90. The van der Waals surface area contributed by atoms with Crippen LogP contribution < -0.4 is 0 Å². The van der Waals surface area contributed by atoms with Crippen LogP contribution in [0.1, 0.15) is 51.9 Å². The molecule has 5 atom stereocenters. The van der Waals surface area contributed by atoms with E-state index in [1.807, 2.05) is 12.2 Å². The maximum atomic E-state index is 10.6. The number of aliphatic carboxylic acids is 1. The molecule has 1 fully saturated rings. The molecule has 6 nitrogen and oxygen atoms in total. The summed E-state index contributed by atoms with van der Waals surface area (Å²) in [4.78, 5) is 10.6. The highest BCUT2D eigenvalue weighted by molar-refractivity contribution is 5.66. The lowest BCUT2D eigenvalue weighted by molar-refractivity contribution is -0.138. The second-order valence-electron chi connectivity index (χ2n) is 6.92. The topological polar surface area (TPSA) is 107 Å². The summed E-state index contributed by atoms with van der Waals surface area (Å²) in [5, 5.41) is 38.7. The fraction of sp³-hybridized carbons (Fsp3) is 0.591.